The Hall–Kier alpha value is -4.55. The average Bonchev–Trinajstić information content (AvgIpc) is 3.33. The number of amides is 2. The van der Waals surface area contributed by atoms with Crippen LogP contribution in [0.4, 0.5) is 29.0 Å². The summed E-state index contributed by atoms with van der Waals surface area (Å²) in [5.74, 6) is 0.847. The van der Waals surface area contributed by atoms with E-state index in [0.29, 0.717) is 60.0 Å². The van der Waals surface area contributed by atoms with E-state index in [1.165, 1.54) is 6.20 Å². The smallest absolute Gasteiger partial charge is 0.253 e. The molecule has 0 bridgehead atoms. The normalized spacial score (nSPS) is 13.7. The number of carbonyl (C=O) groups excluding carboxylic acids is 3. The third-order valence-electron chi connectivity index (χ3n) is 6.25. The molecule has 39 heavy (non-hydrogen) atoms. The number of piperidine rings is 1. The fourth-order valence-electron chi connectivity index (χ4n) is 4.22. The standard InChI is InChI=1S/C26H26ClN9O3/c1-28-25(39)18-4-2-3-5-20(18)31-24-19(27)13-29-26(33-24)30-15-6-7-17-21(12-15)34-35-23(17)32-22(38)14-36-10-8-16(37)9-11-36/h2-7,12-13H,8-11,14H2,1H3,(H,28,39)(H2,29,30,31,33)(H2,32,34,35,38). The Kier molecular flexibility index (Phi) is 7.66. The number of anilines is 5. The summed E-state index contributed by atoms with van der Waals surface area (Å²) >= 11 is 6.32. The lowest BCUT2D eigenvalue weighted by Gasteiger charge is -2.24. The van der Waals surface area contributed by atoms with Crippen molar-refractivity contribution >= 4 is 69.1 Å². The van der Waals surface area contributed by atoms with E-state index in [-0.39, 0.29) is 35.1 Å². The lowest BCUT2D eigenvalue weighted by atomic mass is 10.1. The number of benzene rings is 2. The third-order valence-corrected chi connectivity index (χ3v) is 6.53. The summed E-state index contributed by atoms with van der Waals surface area (Å²) in [5.41, 5.74) is 2.38. The maximum atomic E-state index is 12.5. The van der Waals surface area contributed by atoms with Gasteiger partial charge < -0.3 is 21.3 Å². The predicted molar refractivity (Wildman–Crippen MR) is 149 cm³/mol. The zero-order valence-corrected chi connectivity index (χ0v) is 21.8. The van der Waals surface area contributed by atoms with Crippen LogP contribution in [0.25, 0.3) is 10.9 Å². The first-order valence-corrected chi connectivity index (χ1v) is 12.7. The first-order chi connectivity index (χ1) is 18.9. The van der Waals surface area contributed by atoms with Gasteiger partial charge in [0.05, 0.1) is 29.5 Å². The molecule has 1 aliphatic rings. The number of para-hydroxylation sites is 1. The number of aromatic amines is 1. The quantitative estimate of drug-likeness (QED) is 0.223. The van der Waals surface area contributed by atoms with Crippen molar-refractivity contribution in [3.8, 4) is 0 Å². The van der Waals surface area contributed by atoms with E-state index in [4.69, 9.17) is 11.6 Å². The van der Waals surface area contributed by atoms with Crippen molar-refractivity contribution in [2.75, 3.05) is 42.6 Å². The molecule has 5 N–H and O–H groups in total. The molecular formula is C26H26ClN9O3. The van der Waals surface area contributed by atoms with Crippen LogP contribution in [0.15, 0.2) is 48.7 Å². The number of Topliss-reactive ketones (excluding diaryl/α,β-unsaturated/α-hetero) is 1. The molecule has 4 aromatic rings. The fraction of sp³-hybridized carbons (Fsp3) is 0.231. The second-order valence-electron chi connectivity index (χ2n) is 8.96. The largest absolute Gasteiger partial charge is 0.355 e. The van der Waals surface area contributed by atoms with Crippen LogP contribution in [0, 0.1) is 0 Å². The molecule has 200 valence electrons. The molecule has 0 spiro atoms. The summed E-state index contributed by atoms with van der Waals surface area (Å²) in [6, 6.07) is 12.5. The van der Waals surface area contributed by atoms with E-state index < -0.39 is 0 Å². The predicted octanol–water partition coefficient (Wildman–Crippen LogP) is 3.46. The van der Waals surface area contributed by atoms with Crippen molar-refractivity contribution in [3.05, 3.63) is 59.2 Å². The van der Waals surface area contributed by atoms with Crippen LogP contribution < -0.4 is 21.3 Å². The van der Waals surface area contributed by atoms with E-state index in [1.807, 2.05) is 23.1 Å². The van der Waals surface area contributed by atoms with Gasteiger partial charge in [0.1, 0.15) is 10.8 Å². The molecular weight excluding hydrogens is 522 g/mol. The number of likely N-dealkylation sites (tertiary alicyclic amines) is 1. The first kappa shape index (κ1) is 26.1. The molecule has 0 radical (unpaired) electrons. The van der Waals surface area contributed by atoms with Gasteiger partial charge in [-0.05, 0) is 30.3 Å². The van der Waals surface area contributed by atoms with Gasteiger partial charge in [-0.15, -0.1) is 0 Å². The molecule has 0 saturated carbocycles. The summed E-state index contributed by atoms with van der Waals surface area (Å²) in [6.45, 7) is 1.39. The molecule has 0 aliphatic carbocycles. The van der Waals surface area contributed by atoms with E-state index in [9.17, 15) is 14.4 Å². The number of fused-ring (bicyclic) bond motifs is 1. The molecule has 1 fully saturated rings. The number of carbonyl (C=O) groups is 3. The highest BCUT2D eigenvalue weighted by atomic mass is 35.5. The van der Waals surface area contributed by atoms with Crippen LogP contribution in [0.2, 0.25) is 5.02 Å². The first-order valence-electron chi connectivity index (χ1n) is 12.3. The second kappa shape index (κ2) is 11.5. The molecule has 1 aliphatic heterocycles. The van der Waals surface area contributed by atoms with E-state index in [2.05, 4.69) is 41.4 Å². The van der Waals surface area contributed by atoms with Crippen LogP contribution in [-0.2, 0) is 9.59 Å². The molecule has 12 nitrogen and oxygen atoms in total. The zero-order chi connectivity index (χ0) is 27.4. The number of hydrogen-bond donors (Lipinski definition) is 5. The van der Waals surface area contributed by atoms with Crippen LogP contribution in [0.1, 0.15) is 23.2 Å². The average molecular weight is 548 g/mol. The Bertz CT molecular complexity index is 1540. The zero-order valence-electron chi connectivity index (χ0n) is 21.0. The lowest BCUT2D eigenvalue weighted by Crippen LogP contribution is -2.39. The monoisotopic (exact) mass is 547 g/mol. The number of H-pyrrole nitrogens is 1. The number of halogens is 1. The van der Waals surface area contributed by atoms with Gasteiger partial charge in [0.15, 0.2) is 11.6 Å². The topological polar surface area (TPSA) is 157 Å². The minimum Gasteiger partial charge on any atom is -0.355 e. The van der Waals surface area contributed by atoms with Crippen molar-refractivity contribution in [1.82, 2.24) is 30.4 Å². The highest BCUT2D eigenvalue weighted by molar-refractivity contribution is 6.33. The molecule has 3 heterocycles. The minimum atomic E-state index is -0.243. The number of nitrogens with one attached hydrogen (secondary N) is 5. The second-order valence-corrected chi connectivity index (χ2v) is 9.37. The van der Waals surface area contributed by atoms with Gasteiger partial charge in [0.25, 0.3) is 5.91 Å². The van der Waals surface area contributed by atoms with Gasteiger partial charge in [-0.1, -0.05) is 23.7 Å². The highest BCUT2D eigenvalue weighted by Crippen LogP contribution is 2.28. The fourth-order valence-corrected chi connectivity index (χ4v) is 4.36. The Balaban J connectivity index is 1.28. The summed E-state index contributed by atoms with van der Waals surface area (Å²) in [5, 5.41) is 19.9. The van der Waals surface area contributed by atoms with E-state index >= 15 is 0 Å². The Morgan fingerprint density at radius 3 is 2.67 bits per heavy atom. The summed E-state index contributed by atoms with van der Waals surface area (Å²) in [7, 11) is 1.56. The van der Waals surface area contributed by atoms with Gasteiger partial charge in [-0.25, -0.2) is 4.98 Å². The summed E-state index contributed by atoms with van der Waals surface area (Å²) in [4.78, 5) is 46.8. The van der Waals surface area contributed by atoms with E-state index in [1.54, 1.807) is 31.3 Å². The van der Waals surface area contributed by atoms with Crippen LogP contribution in [-0.4, -0.2) is 69.3 Å². The molecule has 5 rings (SSSR count). The van der Waals surface area contributed by atoms with Crippen molar-refractivity contribution in [2.24, 2.45) is 0 Å². The van der Waals surface area contributed by atoms with Gasteiger partial charge in [-0.2, -0.15) is 10.1 Å². The molecule has 2 aromatic carbocycles. The van der Waals surface area contributed by atoms with Crippen LogP contribution in [0.5, 0.6) is 0 Å². The van der Waals surface area contributed by atoms with Crippen LogP contribution in [0.3, 0.4) is 0 Å². The summed E-state index contributed by atoms with van der Waals surface area (Å²) in [6.07, 6.45) is 2.42. The maximum Gasteiger partial charge on any atom is 0.253 e. The van der Waals surface area contributed by atoms with Gasteiger partial charge >= 0.3 is 0 Å². The number of aromatic nitrogens is 4. The SMILES string of the molecule is CNC(=O)c1ccccc1Nc1nc(Nc2ccc3c(NC(=O)CN4CCC(=O)CC4)n[nH]c3c2)ncc1Cl. The molecule has 0 atom stereocenters. The van der Waals surface area contributed by atoms with Crippen molar-refractivity contribution < 1.29 is 14.4 Å². The summed E-state index contributed by atoms with van der Waals surface area (Å²) < 4.78 is 0. The van der Waals surface area contributed by atoms with Crippen LogP contribution >= 0.6 is 11.6 Å². The third kappa shape index (κ3) is 6.13. The lowest BCUT2D eigenvalue weighted by molar-refractivity contribution is -0.124. The molecule has 13 heteroatoms. The molecule has 2 aromatic heterocycles. The Morgan fingerprint density at radius 2 is 1.87 bits per heavy atom. The maximum absolute atomic E-state index is 12.5. The van der Waals surface area contributed by atoms with Crippen molar-refractivity contribution in [2.45, 2.75) is 12.8 Å². The number of nitrogens with zero attached hydrogens (tertiary/aromatic N) is 4. The molecule has 0 unspecified atom stereocenters. The highest BCUT2D eigenvalue weighted by Gasteiger charge is 2.19. The van der Waals surface area contributed by atoms with Gasteiger partial charge in [0.2, 0.25) is 11.9 Å². The number of ketones is 1. The number of rotatable bonds is 8. The number of hydrogen-bond acceptors (Lipinski definition) is 9. The Morgan fingerprint density at radius 1 is 1.08 bits per heavy atom. The van der Waals surface area contributed by atoms with Crippen molar-refractivity contribution in [1.29, 1.82) is 0 Å². The van der Waals surface area contributed by atoms with Gasteiger partial charge in [0, 0.05) is 44.1 Å². The van der Waals surface area contributed by atoms with Crippen molar-refractivity contribution in [3.63, 3.8) is 0 Å². The molecule has 1 saturated heterocycles. The minimum absolute atomic E-state index is 0.187. The molecule has 2 amide bonds. The Labute approximate surface area is 228 Å². The van der Waals surface area contributed by atoms with E-state index in [0.717, 1.165) is 5.39 Å². The van der Waals surface area contributed by atoms with Gasteiger partial charge in [-0.3, -0.25) is 24.4 Å².